The molecule has 4 heterocycles. The molecule has 1 saturated carbocycles. The average molecular weight is 545 g/mol. The molecule has 1 saturated heterocycles. The van der Waals surface area contributed by atoms with Crippen molar-refractivity contribution in [3.8, 4) is 5.75 Å². The number of anilines is 4. The number of piperidine rings is 1. The highest BCUT2D eigenvalue weighted by Crippen LogP contribution is 2.45. The molecule has 2 N–H and O–H groups in total. The fourth-order valence-electron chi connectivity index (χ4n) is 5.26. The molecule has 1 aliphatic carbocycles. The second kappa shape index (κ2) is 9.37. The normalized spacial score (nSPS) is 21.3. The predicted molar refractivity (Wildman–Crippen MR) is 141 cm³/mol. The smallest absolute Gasteiger partial charge is 0.301 e. The summed E-state index contributed by atoms with van der Waals surface area (Å²) < 4.78 is 36.6. The van der Waals surface area contributed by atoms with E-state index in [0.717, 1.165) is 19.1 Å². The van der Waals surface area contributed by atoms with Crippen molar-refractivity contribution < 1.29 is 18.3 Å². The number of carbonyl (C=O) groups is 1. The molecule has 200 valence electrons. The lowest BCUT2D eigenvalue weighted by Gasteiger charge is -2.29. The molecule has 0 bridgehead atoms. The topological polar surface area (TPSA) is 101 Å². The highest BCUT2D eigenvalue weighted by Gasteiger charge is 2.51. The van der Waals surface area contributed by atoms with Gasteiger partial charge in [0.2, 0.25) is 11.7 Å². The van der Waals surface area contributed by atoms with Crippen molar-refractivity contribution in [2.24, 2.45) is 18.9 Å². The minimum absolute atomic E-state index is 0.0527. The summed E-state index contributed by atoms with van der Waals surface area (Å²) in [7, 11) is 1.59. The monoisotopic (exact) mass is 544 g/mol. The number of benzene rings is 1. The number of aryl methyl sites for hydroxylation is 1. The van der Waals surface area contributed by atoms with Crippen molar-refractivity contribution in [3.05, 3.63) is 39.8 Å². The number of hydrogen-bond acceptors (Lipinski definition) is 8. The number of pyridine rings is 1. The van der Waals surface area contributed by atoms with Gasteiger partial charge in [-0.25, -0.2) is 13.8 Å². The van der Waals surface area contributed by atoms with Crippen molar-refractivity contribution in [1.82, 2.24) is 14.5 Å². The molecule has 0 amide bonds. The van der Waals surface area contributed by atoms with Gasteiger partial charge in [0, 0.05) is 37.1 Å². The molecule has 38 heavy (non-hydrogen) atoms. The lowest BCUT2D eigenvalue weighted by molar-refractivity contribution is -0.111. The van der Waals surface area contributed by atoms with Gasteiger partial charge in [0.05, 0.1) is 23.4 Å². The van der Waals surface area contributed by atoms with E-state index in [4.69, 9.17) is 16.3 Å². The summed E-state index contributed by atoms with van der Waals surface area (Å²) in [5, 5.41) is 7.08. The highest BCUT2D eigenvalue weighted by atomic mass is 35.5. The van der Waals surface area contributed by atoms with Crippen LogP contribution in [0, 0.1) is 11.8 Å². The fraction of sp³-hybridized carbons (Fsp3) is 0.462. The second-order valence-corrected chi connectivity index (χ2v) is 10.7. The Labute approximate surface area is 222 Å². The number of fused-ring (bicyclic) bond motifs is 3. The summed E-state index contributed by atoms with van der Waals surface area (Å²) in [6, 6.07) is 4.17. The first-order valence-corrected chi connectivity index (χ1v) is 13.1. The van der Waals surface area contributed by atoms with Gasteiger partial charge in [0.25, 0.3) is 5.56 Å². The number of ether oxygens (including phenoxy) is 1. The van der Waals surface area contributed by atoms with Gasteiger partial charge in [-0.15, -0.1) is 0 Å². The number of nitrogens with zero attached hydrogens (tertiary/aromatic N) is 4. The Hall–Kier alpha value is -3.47. The van der Waals surface area contributed by atoms with Gasteiger partial charge >= 0.3 is 5.92 Å². The summed E-state index contributed by atoms with van der Waals surface area (Å²) >= 11 is 6.41. The van der Waals surface area contributed by atoms with Gasteiger partial charge in [0.15, 0.2) is 12.4 Å². The van der Waals surface area contributed by atoms with E-state index in [1.54, 1.807) is 25.2 Å². The molecular weight excluding hydrogens is 518 g/mol. The zero-order valence-electron chi connectivity index (χ0n) is 20.7. The Bertz CT molecular complexity index is 1470. The number of nitrogens with one attached hydrogen (secondary N) is 2. The van der Waals surface area contributed by atoms with Crippen LogP contribution in [0.3, 0.4) is 0 Å². The van der Waals surface area contributed by atoms with Gasteiger partial charge < -0.3 is 29.6 Å². The van der Waals surface area contributed by atoms with Crippen LogP contribution in [0.5, 0.6) is 5.75 Å². The van der Waals surface area contributed by atoms with Crippen molar-refractivity contribution in [1.29, 1.82) is 0 Å². The lowest BCUT2D eigenvalue weighted by Crippen LogP contribution is -2.44. The largest absolute Gasteiger partial charge is 0.480 e. The van der Waals surface area contributed by atoms with Crippen LogP contribution in [0.4, 0.5) is 31.9 Å². The zero-order chi connectivity index (χ0) is 26.6. The standard InChI is InChI=1S/C26H27ClF2N6O3/c1-34-19-5-4-16(31-23-18(27)11-30-25(33-23)35-8-6-14(12-36)7-9-35)10-17(19)20-21(24(34)37)38-13-26(28,29)22(32-20)15-2-3-15/h4-5,10-12,14-15,22,32H,2-3,6-9,13H2,1H3,(H,30,31,33)/t22-/m0/s1. The lowest BCUT2D eigenvalue weighted by atomic mass is 9.99. The summed E-state index contributed by atoms with van der Waals surface area (Å²) in [5.41, 5.74) is 0.969. The van der Waals surface area contributed by atoms with Crippen LogP contribution in [0.15, 0.2) is 29.2 Å². The van der Waals surface area contributed by atoms with E-state index in [1.165, 1.54) is 10.8 Å². The molecule has 1 aromatic carbocycles. The first-order chi connectivity index (χ1) is 18.2. The first kappa shape index (κ1) is 24.8. The van der Waals surface area contributed by atoms with E-state index >= 15 is 0 Å². The van der Waals surface area contributed by atoms with Crippen LogP contribution in [-0.4, -0.2) is 52.5 Å². The second-order valence-electron chi connectivity index (χ2n) is 10.3. The molecule has 2 aliphatic heterocycles. The van der Waals surface area contributed by atoms with Crippen LogP contribution in [0.25, 0.3) is 10.9 Å². The number of hydrogen-bond donors (Lipinski definition) is 2. The number of aromatic nitrogens is 3. The summed E-state index contributed by atoms with van der Waals surface area (Å²) in [6.45, 7) is 0.481. The minimum Gasteiger partial charge on any atom is -0.480 e. The van der Waals surface area contributed by atoms with Crippen molar-refractivity contribution >= 4 is 51.9 Å². The summed E-state index contributed by atoms with van der Waals surface area (Å²) in [6.07, 6.45) is 5.41. The number of halogens is 3. The molecule has 1 atom stereocenters. The molecular formula is C26H27ClF2N6O3. The van der Waals surface area contributed by atoms with Crippen molar-refractivity contribution in [2.75, 3.05) is 35.2 Å². The van der Waals surface area contributed by atoms with Crippen LogP contribution < -0.4 is 25.8 Å². The molecule has 6 rings (SSSR count). The Morgan fingerprint density at radius 2 is 2.00 bits per heavy atom. The Kier molecular flexibility index (Phi) is 6.13. The van der Waals surface area contributed by atoms with Crippen LogP contribution in [0.1, 0.15) is 25.7 Å². The van der Waals surface area contributed by atoms with E-state index in [9.17, 15) is 18.4 Å². The van der Waals surface area contributed by atoms with Gasteiger partial charge in [-0.1, -0.05) is 11.6 Å². The van der Waals surface area contributed by atoms with Crippen LogP contribution >= 0.6 is 11.6 Å². The fourth-order valence-corrected chi connectivity index (χ4v) is 5.39. The number of aldehydes is 1. The predicted octanol–water partition coefficient (Wildman–Crippen LogP) is 4.36. The van der Waals surface area contributed by atoms with Crippen LogP contribution in [0.2, 0.25) is 5.02 Å². The van der Waals surface area contributed by atoms with Gasteiger partial charge in [-0.05, 0) is 49.8 Å². The van der Waals surface area contributed by atoms with Crippen molar-refractivity contribution in [3.63, 3.8) is 0 Å². The van der Waals surface area contributed by atoms with E-state index in [0.29, 0.717) is 59.3 Å². The average Bonchev–Trinajstić information content (AvgIpc) is 3.76. The maximum absolute atomic E-state index is 14.9. The van der Waals surface area contributed by atoms with E-state index in [-0.39, 0.29) is 23.3 Å². The van der Waals surface area contributed by atoms with Crippen LogP contribution in [-0.2, 0) is 11.8 Å². The Morgan fingerprint density at radius 3 is 2.71 bits per heavy atom. The highest BCUT2D eigenvalue weighted by molar-refractivity contribution is 6.33. The summed E-state index contributed by atoms with van der Waals surface area (Å²) in [5.74, 6) is -2.45. The van der Waals surface area contributed by atoms with Gasteiger partial charge in [0.1, 0.15) is 11.3 Å². The third-order valence-electron chi connectivity index (χ3n) is 7.62. The van der Waals surface area contributed by atoms with Gasteiger partial charge in [-0.2, -0.15) is 4.98 Å². The maximum atomic E-state index is 14.9. The van der Waals surface area contributed by atoms with E-state index in [2.05, 4.69) is 20.6 Å². The number of alkyl halides is 2. The molecule has 2 fully saturated rings. The molecule has 2 aromatic heterocycles. The van der Waals surface area contributed by atoms with E-state index < -0.39 is 24.1 Å². The third-order valence-corrected chi connectivity index (χ3v) is 7.90. The molecule has 0 unspecified atom stereocenters. The zero-order valence-corrected chi connectivity index (χ0v) is 21.5. The Balaban J connectivity index is 1.36. The third kappa shape index (κ3) is 4.42. The molecule has 0 spiro atoms. The molecule has 3 aromatic rings. The van der Waals surface area contributed by atoms with E-state index in [1.807, 2.05) is 4.90 Å². The molecule has 12 heteroatoms. The molecule has 0 radical (unpaired) electrons. The molecule has 9 nitrogen and oxygen atoms in total. The Morgan fingerprint density at radius 1 is 1.24 bits per heavy atom. The molecule has 3 aliphatic rings. The summed E-state index contributed by atoms with van der Waals surface area (Å²) in [4.78, 5) is 35.1. The first-order valence-electron chi connectivity index (χ1n) is 12.7. The quantitative estimate of drug-likeness (QED) is 0.457. The minimum atomic E-state index is -3.11. The maximum Gasteiger partial charge on any atom is 0.301 e. The number of carbonyl (C=O) groups excluding carboxylic acids is 1. The van der Waals surface area contributed by atoms with Crippen molar-refractivity contribution in [2.45, 2.75) is 37.6 Å². The van der Waals surface area contributed by atoms with Gasteiger partial charge in [-0.3, -0.25) is 4.79 Å². The SMILES string of the molecule is Cn1c(=O)c2c(c3cc(Nc4nc(N5CCC(C=O)CC5)ncc4Cl)ccc31)N[C@@H](C1CC1)C(F)(F)CO2. The number of rotatable bonds is 5.